The standard InChI is InChI=1S/C21H26N6O3S2/c1-5-15(17(28)24-20-23-13(4)16(32-20)18(29)30-12(2)3)27-19(22)25-26-21(27)31-11-14-9-7-6-8-10-14/h6-10,12,15H,5,11H2,1-4H3,(H2,22,25)(H,23,24,28). The fourth-order valence-electron chi connectivity index (χ4n) is 2.98. The number of hydrogen-bond donors (Lipinski definition) is 2. The Balaban J connectivity index is 1.75. The van der Waals surface area contributed by atoms with Crippen molar-refractivity contribution in [2.75, 3.05) is 11.1 Å². The minimum atomic E-state index is -0.626. The second-order valence-corrected chi connectivity index (χ2v) is 9.23. The van der Waals surface area contributed by atoms with Crippen molar-refractivity contribution in [2.45, 2.75) is 57.2 Å². The molecule has 3 aromatic rings. The number of nitrogens with one attached hydrogen (secondary N) is 1. The summed E-state index contributed by atoms with van der Waals surface area (Å²) in [5.74, 6) is 0.0756. The van der Waals surface area contributed by atoms with Crippen LogP contribution in [0, 0.1) is 6.92 Å². The number of aromatic nitrogens is 4. The zero-order chi connectivity index (χ0) is 23.3. The first-order chi connectivity index (χ1) is 15.3. The van der Waals surface area contributed by atoms with Gasteiger partial charge in [0.1, 0.15) is 10.9 Å². The van der Waals surface area contributed by atoms with Gasteiger partial charge in [0.15, 0.2) is 10.3 Å². The number of nitrogens with zero attached hydrogens (tertiary/aromatic N) is 4. The Kier molecular flexibility index (Phi) is 7.86. The van der Waals surface area contributed by atoms with Gasteiger partial charge in [0.25, 0.3) is 0 Å². The SMILES string of the molecule is CCC(C(=O)Nc1nc(C)c(C(=O)OC(C)C)s1)n1c(N)nnc1SCc1ccccc1. The Morgan fingerprint density at radius 3 is 2.62 bits per heavy atom. The van der Waals surface area contributed by atoms with Crippen LogP contribution in [0.5, 0.6) is 0 Å². The maximum Gasteiger partial charge on any atom is 0.350 e. The van der Waals surface area contributed by atoms with Gasteiger partial charge >= 0.3 is 5.97 Å². The van der Waals surface area contributed by atoms with Crippen LogP contribution in [0.2, 0.25) is 0 Å². The summed E-state index contributed by atoms with van der Waals surface area (Å²) in [7, 11) is 0. The van der Waals surface area contributed by atoms with Crippen LogP contribution in [0.3, 0.4) is 0 Å². The summed E-state index contributed by atoms with van der Waals surface area (Å²) < 4.78 is 6.87. The van der Waals surface area contributed by atoms with Gasteiger partial charge in [-0.05, 0) is 32.8 Å². The minimum absolute atomic E-state index is 0.166. The number of amides is 1. The van der Waals surface area contributed by atoms with Crippen LogP contribution in [0.25, 0.3) is 0 Å². The molecule has 0 aliphatic rings. The number of benzene rings is 1. The number of nitrogen functional groups attached to an aromatic ring is 1. The number of ether oxygens (including phenoxy) is 1. The van der Waals surface area contributed by atoms with E-state index in [1.165, 1.54) is 11.8 Å². The molecule has 0 aliphatic carbocycles. The zero-order valence-electron chi connectivity index (χ0n) is 18.4. The number of nitrogens with two attached hydrogens (primary N) is 1. The largest absolute Gasteiger partial charge is 0.459 e. The van der Waals surface area contributed by atoms with E-state index < -0.39 is 12.0 Å². The number of hydrogen-bond acceptors (Lipinski definition) is 9. The Morgan fingerprint density at radius 1 is 1.25 bits per heavy atom. The lowest BCUT2D eigenvalue weighted by molar-refractivity contribution is -0.119. The van der Waals surface area contributed by atoms with E-state index in [2.05, 4.69) is 20.5 Å². The lowest BCUT2D eigenvalue weighted by Gasteiger charge is -2.18. The first-order valence-electron chi connectivity index (χ1n) is 10.2. The van der Waals surface area contributed by atoms with Gasteiger partial charge in [-0.3, -0.25) is 9.36 Å². The molecule has 11 heteroatoms. The topological polar surface area (TPSA) is 125 Å². The number of carbonyl (C=O) groups excluding carboxylic acids is 2. The molecule has 1 atom stereocenters. The average Bonchev–Trinajstić information content (AvgIpc) is 3.30. The number of thiazole rings is 1. The Labute approximate surface area is 194 Å². The van der Waals surface area contributed by atoms with Gasteiger partial charge in [-0.1, -0.05) is 60.4 Å². The first kappa shape index (κ1) is 23.7. The van der Waals surface area contributed by atoms with Crippen molar-refractivity contribution in [2.24, 2.45) is 0 Å². The van der Waals surface area contributed by atoms with E-state index in [0.717, 1.165) is 16.9 Å². The van der Waals surface area contributed by atoms with Crippen LogP contribution in [-0.4, -0.2) is 37.7 Å². The summed E-state index contributed by atoms with van der Waals surface area (Å²) in [4.78, 5) is 30.0. The number of esters is 1. The quantitative estimate of drug-likeness (QED) is 0.351. The van der Waals surface area contributed by atoms with Crippen LogP contribution < -0.4 is 11.1 Å². The predicted molar refractivity (Wildman–Crippen MR) is 126 cm³/mol. The zero-order valence-corrected chi connectivity index (χ0v) is 20.0. The van der Waals surface area contributed by atoms with Crippen LogP contribution in [-0.2, 0) is 15.3 Å². The van der Waals surface area contributed by atoms with E-state index in [1.807, 2.05) is 37.3 Å². The van der Waals surface area contributed by atoms with Gasteiger partial charge in [0.2, 0.25) is 11.9 Å². The molecule has 32 heavy (non-hydrogen) atoms. The molecule has 1 amide bonds. The Hall–Kier alpha value is -2.92. The van der Waals surface area contributed by atoms with Crippen LogP contribution in [0.4, 0.5) is 11.1 Å². The monoisotopic (exact) mass is 474 g/mol. The number of thioether (sulfide) groups is 1. The molecular formula is C21H26N6O3S2. The highest BCUT2D eigenvalue weighted by Crippen LogP contribution is 2.29. The summed E-state index contributed by atoms with van der Waals surface area (Å²) in [6.07, 6.45) is 0.231. The van der Waals surface area contributed by atoms with Crippen molar-refractivity contribution in [3.63, 3.8) is 0 Å². The molecule has 3 rings (SSSR count). The van der Waals surface area contributed by atoms with Crippen molar-refractivity contribution < 1.29 is 14.3 Å². The van der Waals surface area contributed by atoms with Crippen LogP contribution in [0.1, 0.15) is 54.2 Å². The molecule has 3 N–H and O–H groups in total. The van der Waals surface area contributed by atoms with Crippen molar-refractivity contribution in [3.8, 4) is 0 Å². The van der Waals surface area contributed by atoms with Crippen molar-refractivity contribution in [1.82, 2.24) is 19.7 Å². The summed E-state index contributed by atoms with van der Waals surface area (Å²) in [6, 6.07) is 9.32. The van der Waals surface area contributed by atoms with Crippen LogP contribution in [0.15, 0.2) is 35.5 Å². The molecule has 1 unspecified atom stereocenters. The fraction of sp³-hybridized carbons (Fsp3) is 0.381. The van der Waals surface area contributed by atoms with E-state index in [9.17, 15) is 9.59 Å². The third-order valence-corrected chi connectivity index (χ3v) is 6.52. The number of anilines is 2. The van der Waals surface area contributed by atoms with E-state index in [0.29, 0.717) is 33.0 Å². The molecule has 0 bridgehead atoms. The second-order valence-electron chi connectivity index (χ2n) is 7.29. The second kappa shape index (κ2) is 10.6. The van der Waals surface area contributed by atoms with Crippen molar-refractivity contribution in [1.29, 1.82) is 0 Å². The van der Waals surface area contributed by atoms with Crippen molar-refractivity contribution >= 4 is 46.1 Å². The number of aryl methyl sites for hydroxylation is 1. The van der Waals surface area contributed by atoms with Gasteiger partial charge in [0.05, 0.1) is 11.8 Å². The van der Waals surface area contributed by atoms with E-state index in [1.54, 1.807) is 25.3 Å². The molecule has 2 heterocycles. The highest BCUT2D eigenvalue weighted by molar-refractivity contribution is 7.98. The molecule has 0 spiro atoms. The first-order valence-corrected chi connectivity index (χ1v) is 12.0. The Morgan fingerprint density at radius 2 is 1.97 bits per heavy atom. The third-order valence-electron chi connectivity index (χ3n) is 4.46. The molecule has 0 radical (unpaired) electrons. The number of rotatable bonds is 9. The Bertz CT molecular complexity index is 1080. The van der Waals surface area contributed by atoms with Crippen molar-refractivity contribution in [3.05, 3.63) is 46.5 Å². The fourth-order valence-corrected chi connectivity index (χ4v) is 4.78. The molecule has 0 saturated carbocycles. The molecule has 0 saturated heterocycles. The highest BCUT2D eigenvalue weighted by Gasteiger charge is 2.27. The van der Waals surface area contributed by atoms with Crippen LogP contribution >= 0.6 is 23.1 Å². The molecule has 2 aromatic heterocycles. The lowest BCUT2D eigenvalue weighted by atomic mass is 10.2. The van der Waals surface area contributed by atoms with E-state index in [4.69, 9.17) is 10.5 Å². The predicted octanol–water partition coefficient (Wildman–Crippen LogP) is 4.07. The molecule has 0 fully saturated rings. The molecular weight excluding hydrogens is 448 g/mol. The lowest BCUT2D eigenvalue weighted by Crippen LogP contribution is -2.27. The smallest absolute Gasteiger partial charge is 0.350 e. The average molecular weight is 475 g/mol. The van der Waals surface area contributed by atoms with Gasteiger partial charge < -0.3 is 15.8 Å². The summed E-state index contributed by atoms with van der Waals surface area (Å²) in [6.45, 7) is 7.14. The maximum absolute atomic E-state index is 13.1. The summed E-state index contributed by atoms with van der Waals surface area (Å²) in [5, 5.41) is 11.8. The molecule has 9 nitrogen and oxygen atoms in total. The maximum atomic E-state index is 13.1. The van der Waals surface area contributed by atoms with Gasteiger partial charge in [-0.25, -0.2) is 9.78 Å². The van der Waals surface area contributed by atoms with Gasteiger partial charge in [0, 0.05) is 5.75 Å². The minimum Gasteiger partial charge on any atom is -0.459 e. The summed E-state index contributed by atoms with van der Waals surface area (Å²) >= 11 is 2.54. The van der Waals surface area contributed by atoms with Gasteiger partial charge in [-0.2, -0.15) is 0 Å². The molecule has 0 aliphatic heterocycles. The van der Waals surface area contributed by atoms with Gasteiger partial charge in [-0.15, -0.1) is 10.2 Å². The van der Waals surface area contributed by atoms with E-state index in [-0.39, 0.29) is 18.0 Å². The van der Waals surface area contributed by atoms with E-state index >= 15 is 0 Å². The molecule has 170 valence electrons. The third kappa shape index (κ3) is 5.65. The highest BCUT2D eigenvalue weighted by atomic mass is 32.2. The number of carbonyl (C=O) groups is 2. The normalized spacial score (nSPS) is 12.0. The molecule has 1 aromatic carbocycles. The summed E-state index contributed by atoms with van der Waals surface area (Å²) in [5.41, 5.74) is 7.69.